The molecule has 0 N–H and O–H groups in total. The van der Waals surface area contributed by atoms with Crippen molar-refractivity contribution in [1.82, 2.24) is 0 Å². The van der Waals surface area contributed by atoms with E-state index in [1.54, 1.807) is 13.0 Å². The minimum absolute atomic E-state index is 0.0605. The number of ether oxygens (including phenoxy) is 1. The SMILES string of the molecule is COc1cc(Br)cc(S(=O)(=O)Cl)c1C. The van der Waals surface area contributed by atoms with E-state index >= 15 is 0 Å². The molecule has 3 nitrogen and oxygen atoms in total. The fraction of sp³-hybridized carbons (Fsp3) is 0.250. The second-order valence-electron chi connectivity index (χ2n) is 2.67. The molecule has 0 radical (unpaired) electrons. The van der Waals surface area contributed by atoms with E-state index in [0.29, 0.717) is 15.8 Å². The van der Waals surface area contributed by atoms with E-state index in [4.69, 9.17) is 15.4 Å². The van der Waals surface area contributed by atoms with E-state index in [0.717, 1.165) is 0 Å². The largest absolute Gasteiger partial charge is 0.496 e. The Hall–Kier alpha value is -0.260. The molecular weight excluding hydrogens is 292 g/mol. The monoisotopic (exact) mass is 298 g/mol. The van der Waals surface area contributed by atoms with Crippen LogP contribution in [0.1, 0.15) is 5.56 Å². The van der Waals surface area contributed by atoms with Crippen LogP contribution in [0.15, 0.2) is 21.5 Å². The van der Waals surface area contributed by atoms with Gasteiger partial charge in [-0.15, -0.1) is 0 Å². The number of hydrogen-bond donors (Lipinski definition) is 0. The van der Waals surface area contributed by atoms with Crippen LogP contribution in [-0.2, 0) is 9.05 Å². The Bertz CT molecular complexity index is 456. The molecule has 1 aromatic rings. The molecule has 78 valence electrons. The standard InChI is InChI=1S/C8H8BrClO3S/c1-5-7(13-2)3-6(9)4-8(5)14(10,11)12/h3-4H,1-2H3. The van der Waals surface area contributed by atoms with Crippen molar-refractivity contribution in [2.75, 3.05) is 7.11 Å². The highest BCUT2D eigenvalue weighted by atomic mass is 79.9. The van der Waals surface area contributed by atoms with Crippen LogP contribution in [0.25, 0.3) is 0 Å². The molecule has 0 saturated carbocycles. The molecule has 0 aliphatic rings. The normalized spacial score (nSPS) is 11.4. The zero-order chi connectivity index (χ0) is 10.9. The lowest BCUT2D eigenvalue weighted by Crippen LogP contribution is -1.97. The molecule has 1 rings (SSSR count). The third-order valence-electron chi connectivity index (χ3n) is 1.76. The lowest BCUT2D eigenvalue weighted by Gasteiger charge is -2.08. The molecule has 0 fully saturated rings. The molecule has 6 heteroatoms. The van der Waals surface area contributed by atoms with E-state index in [-0.39, 0.29) is 4.90 Å². The summed E-state index contributed by atoms with van der Waals surface area (Å²) in [5.41, 5.74) is 0.505. The van der Waals surface area contributed by atoms with Crippen LogP contribution in [0.2, 0.25) is 0 Å². The van der Waals surface area contributed by atoms with Crippen molar-refractivity contribution in [3.8, 4) is 5.75 Å². The molecular formula is C8H8BrClO3S. The number of halogens is 2. The second kappa shape index (κ2) is 4.08. The number of methoxy groups -OCH3 is 1. The van der Waals surface area contributed by atoms with Gasteiger partial charge in [0.2, 0.25) is 0 Å². The van der Waals surface area contributed by atoms with Crippen LogP contribution in [0.4, 0.5) is 0 Å². The first-order chi connectivity index (χ1) is 6.36. The topological polar surface area (TPSA) is 43.4 Å². The zero-order valence-corrected chi connectivity index (χ0v) is 10.7. The third-order valence-corrected chi connectivity index (χ3v) is 3.67. The Kier molecular flexibility index (Phi) is 3.44. The van der Waals surface area contributed by atoms with Crippen LogP contribution in [0.5, 0.6) is 5.75 Å². The summed E-state index contributed by atoms with van der Waals surface area (Å²) < 4.78 is 27.9. The fourth-order valence-corrected chi connectivity index (χ4v) is 2.90. The first kappa shape index (κ1) is 11.8. The molecule has 1 aromatic carbocycles. The van der Waals surface area contributed by atoms with E-state index in [1.165, 1.54) is 13.2 Å². The molecule has 0 saturated heterocycles. The summed E-state index contributed by atoms with van der Waals surface area (Å²) in [7, 11) is 3.01. The van der Waals surface area contributed by atoms with Crippen LogP contribution < -0.4 is 4.74 Å². The van der Waals surface area contributed by atoms with Gasteiger partial charge in [-0.05, 0) is 19.1 Å². The maximum absolute atomic E-state index is 11.2. The van der Waals surface area contributed by atoms with Crippen molar-refractivity contribution in [2.24, 2.45) is 0 Å². The summed E-state index contributed by atoms with van der Waals surface area (Å²) in [5.74, 6) is 0.485. The van der Waals surface area contributed by atoms with Gasteiger partial charge >= 0.3 is 0 Å². The van der Waals surface area contributed by atoms with Crippen molar-refractivity contribution >= 4 is 35.7 Å². The molecule has 0 spiro atoms. The van der Waals surface area contributed by atoms with E-state index in [1.807, 2.05) is 0 Å². The molecule has 0 aromatic heterocycles. The fourth-order valence-electron chi connectivity index (χ4n) is 1.10. The number of benzene rings is 1. The minimum atomic E-state index is -3.73. The quantitative estimate of drug-likeness (QED) is 0.789. The van der Waals surface area contributed by atoms with Gasteiger partial charge in [0.05, 0.1) is 12.0 Å². The summed E-state index contributed by atoms with van der Waals surface area (Å²) in [4.78, 5) is 0.0605. The highest BCUT2D eigenvalue weighted by molar-refractivity contribution is 9.10. The molecule has 0 bridgehead atoms. The van der Waals surface area contributed by atoms with E-state index in [2.05, 4.69) is 15.9 Å². The Morgan fingerprint density at radius 3 is 2.43 bits per heavy atom. The predicted octanol–water partition coefficient (Wildman–Crippen LogP) is 2.69. The second-order valence-corrected chi connectivity index (χ2v) is 6.12. The molecule has 0 amide bonds. The maximum Gasteiger partial charge on any atom is 0.261 e. The van der Waals surface area contributed by atoms with Gasteiger partial charge in [-0.3, -0.25) is 0 Å². The van der Waals surface area contributed by atoms with Crippen LogP contribution in [0, 0.1) is 6.92 Å². The van der Waals surface area contributed by atoms with Crippen LogP contribution in [0.3, 0.4) is 0 Å². The Balaban J connectivity index is 3.53. The zero-order valence-electron chi connectivity index (χ0n) is 7.54. The van der Waals surface area contributed by atoms with Gasteiger partial charge in [-0.25, -0.2) is 8.42 Å². The van der Waals surface area contributed by atoms with Gasteiger partial charge in [0.1, 0.15) is 5.75 Å². The molecule has 0 aliphatic heterocycles. The number of hydrogen-bond acceptors (Lipinski definition) is 3. The first-order valence-corrected chi connectivity index (χ1v) is 6.75. The van der Waals surface area contributed by atoms with Gasteiger partial charge in [-0.2, -0.15) is 0 Å². The van der Waals surface area contributed by atoms with Gasteiger partial charge in [0, 0.05) is 20.7 Å². The Labute approximate surface area is 95.6 Å². The average molecular weight is 300 g/mol. The van der Waals surface area contributed by atoms with Gasteiger partial charge in [-0.1, -0.05) is 15.9 Å². The van der Waals surface area contributed by atoms with E-state index < -0.39 is 9.05 Å². The molecule has 0 atom stereocenters. The van der Waals surface area contributed by atoms with Crippen molar-refractivity contribution in [3.05, 3.63) is 22.2 Å². The lowest BCUT2D eigenvalue weighted by molar-refractivity contribution is 0.409. The summed E-state index contributed by atoms with van der Waals surface area (Å²) in [5, 5.41) is 0. The Morgan fingerprint density at radius 1 is 1.43 bits per heavy atom. The highest BCUT2D eigenvalue weighted by Gasteiger charge is 2.17. The van der Waals surface area contributed by atoms with Crippen molar-refractivity contribution in [3.63, 3.8) is 0 Å². The predicted molar refractivity (Wildman–Crippen MR) is 58.5 cm³/mol. The summed E-state index contributed by atoms with van der Waals surface area (Å²) in [6, 6.07) is 3.13. The smallest absolute Gasteiger partial charge is 0.261 e. The van der Waals surface area contributed by atoms with Crippen molar-refractivity contribution in [2.45, 2.75) is 11.8 Å². The van der Waals surface area contributed by atoms with Crippen molar-refractivity contribution < 1.29 is 13.2 Å². The van der Waals surface area contributed by atoms with Gasteiger partial charge in [0.25, 0.3) is 9.05 Å². The molecule has 14 heavy (non-hydrogen) atoms. The van der Waals surface area contributed by atoms with Crippen molar-refractivity contribution in [1.29, 1.82) is 0 Å². The summed E-state index contributed by atoms with van der Waals surface area (Å²) in [6.07, 6.45) is 0. The molecule has 0 aliphatic carbocycles. The molecule has 0 heterocycles. The average Bonchev–Trinajstić information content (AvgIpc) is 2.06. The minimum Gasteiger partial charge on any atom is -0.496 e. The van der Waals surface area contributed by atoms with Gasteiger partial charge < -0.3 is 4.74 Å². The first-order valence-electron chi connectivity index (χ1n) is 3.65. The van der Waals surface area contributed by atoms with Crippen LogP contribution in [-0.4, -0.2) is 15.5 Å². The summed E-state index contributed by atoms with van der Waals surface area (Å²) >= 11 is 3.18. The lowest BCUT2D eigenvalue weighted by atomic mass is 10.2. The van der Waals surface area contributed by atoms with Crippen LogP contribution >= 0.6 is 26.6 Å². The summed E-state index contributed by atoms with van der Waals surface area (Å²) in [6.45, 7) is 1.64. The van der Waals surface area contributed by atoms with E-state index in [9.17, 15) is 8.42 Å². The maximum atomic E-state index is 11.2. The highest BCUT2D eigenvalue weighted by Crippen LogP contribution is 2.31. The van der Waals surface area contributed by atoms with Gasteiger partial charge in [0.15, 0.2) is 0 Å². The Morgan fingerprint density at radius 2 is 2.00 bits per heavy atom. The number of rotatable bonds is 2. The molecule has 0 unspecified atom stereocenters. The third kappa shape index (κ3) is 2.40.